The molecular weight excluding hydrogens is 236 g/mol. The Morgan fingerprint density at radius 1 is 1.44 bits per heavy atom. The van der Waals surface area contributed by atoms with Crippen LogP contribution in [0.25, 0.3) is 11.0 Å². The molecule has 0 bridgehead atoms. The molecule has 1 aromatic heterocycles. The van der Waals surface area contributed by atoms with Crippen molar-refractivity contribution < 1.29 is 9.63 Å². The second-order valence-electron chi connectivity index (χ2n) is 3.58. The number of carbonyl (C=O) groups excluding carboxylic acids is 1. The van der Waals surface area contributed by atoms with Gasteiger partial charge >= 0.3 is 5.97 Å². The monoisotopic (exact) mass is 248 g/mol. The highest BCUT2D eigenvalue weighted by molar-refractivity contribution is 5.74. The Labute approximate surface area is 102 Å². The molecule has 0 saturated heterocycles. The number of nitrogens with zero attached hydrogens (tertiary/aromatic N) is 2. The number of hydrogen-bond donors (Lipinski definition) is 2. The van der Waals surface area contributed by atoms with Gasteiger partial charge in [0.2, 0.25) is 0 Å². The average Bonchev–Trinajstić information content (AvgIpc) is 2.38. The number of aryl methyl sites for hydroxylation is 1. The minimum absolute atomic E-state index is 0.0398. The highest BCUT2D eigenvalue weighted by atomic mass is 16.7. The smallest absolute Gasteiger partial charge is 0.328 e. The van der Waals surface area contributed by atoms with Crippen molar-refractivity contribution in [3.05, 3.63) is 40.8 Å². The van der Waals surface area contributed by atoms with E-state index >= 15 is 0 Å². The van der Waals surface area contributed by atoms with Crippen molar-refractivity contribution in [3.8, 4) is 0 Å². The summed E-state index contributed by atoms with van der Waals surface area (Å²) < 4.78 is 1.47. The van der Waals surface area contributed by atoms with Crippen molar-refractivity contribution in [1.29, 1.82) is 0 Å². The zero-order valence-corrected chi connectivity index (χ0v) is 9.50. The maximum Gasteiger partial charge on any atom is 0.328 e. The van der Waals surface area contributed by atoms with Gasteiger partial charge < -0.3 is 9.40 Å². The fourth-order valence-electron chi connectivity index (χ4n) is 1.67. The molecule has 7 nitrogen and oxygen atoms in total. The number of benzene rings is 1. The molecule has 94 valence electrons. The number of fused-ring (bicyclic) bond motifs is 1. The van der Waals surface area contributed by atoms with Crippen molar-refractivity contribution in [2.75, 3.05) is 0 Å². The summed E-state index contributed by atoms with van der Waals surface area (Å²) in [6, 6.07) is 7.21. The van der Waals surface area contributed by atoms with Crippen molar-refractivity contribution >= 4 is 17.0 Å². The summed E-state index contributed by atoms with van der Waals surface area (Å²) in [6.45, 7) is 0.211. The van der Waals surface area contributed by atoms with Crippen LogP contribution in [-0.2, 0) is 16.2 Å². The average molecular weight is 248 g/mol. The highest BCUT2D eigenvalue weighted by Crippen LogP contribution is 2.08. The largest absolute Gasteiger partial charge is 0.356 e. The van der Waals surface area contributed by atoms with Crippen LogP contribution in [0.2, 0.25) is 0 Å². The SMILES string of the molecule is NNOC(=O)CCn1c(=O)cnc2ccccc21. The Kier molecular flexibility index (Phi) is 3.66. The predicted molar refractivity (Wildman–Crippen MR) is 64.0 cm³/mol. The van der Waals surface area contributed by atoms with E-state index in [-0.39, 0.29) is 18.5 Å². The van der Waals surface area contributed by atoms with E-state index in [0.717, 1.165) is 0 Å². The van der Waals surface area contributed by atoms with E-state index in [4.69, 9.17) is 5.84 Å². The van der Waals surface area contributed by atoms with Gasteiger partial charge in [-0.2, -0.15) is 0 Å². The molecular formula is C11H12N4O3. The summed E-state index contributed by atoms with van der Waals surface area (Å²) in [5, 5.41) is 0. The third kappa shape index (κ3) is 2.53. The van der Waals surface area contributed by atoms with E-state index in [9.17, 15) is 9.59 Å². The fraction of sp³-hybridized carbons (Fsp3) is 0.182. The van der Waals surface area contributed by atoms with Crippen LogP contribution in [0.3, 0.4) is 0 Å². The van der Waals surface area contributed by atoms with Crippen molar-refractivity contribution in [2.24, 2.45) is 5.84 Å². The van der Waals surface area contributed by atoms with Crippen LogP contribution in [0.4, 0.5) is 0 Å². The molecule has 0 aliphatic rings. The van der Waals surface area contributed by atoms with Crippen LogP contribution in [0.5, 0.6) is 0 Å². The molecule has 0 unspecified atom stereocenters. The first-order valence-electron chi connectivity index (χ1n) is 5.32. The molecule has 0 spiro atoms. The molecule has 3 N–H and O–H groups in total. The van der Waals surface area contributed by atoms with Gasteiger partial charge in [-0.25, -0.2) is 10.8 Å². The molecule has 0 fully saturated rings. The summed E-state index contributed by atoms with van der Waals surface area (Å²) in [6.07, 6.45) is 1.27. The normalized spacial score (nSPS) is 10.5. The number of carbonyl (C=O) groups is 1. The molecule has 0 atom stereocenters. The number of aromatic nitrogens is 2. The Morgan fingerprint density at radius 2 is 2.22 bits per heavy atom. The number of nitrogens with two attached hydrogens (primary N) is 1. The van der Waals surface area contributed by atoms with Crippen molar-refractivity contribution in [3.63, 3.8) is 0 Å². The number of hydrogen-bond acceptors (Lipinski definition) is 6. The summed E-state index contributed by atoms with van der Waals surface area (Å²) >= 11 is 0. The third-order valence-electron chi connectivity index (χ3n) is 2.46. The molecule has 1 heterocycles. The minimum atomic E-state index is -0.537. The van der Waals surface area contributed by atoms with Gasteiger partial charge in [0.25, 0.3) is 5.56 Å². The lowest BCUT2D eigenvalue weighted by molar-refractivity contribution is -0.151. The first kappa shape index (κ1) is 12.2. The van der Waals surface area contributed by atoms with Gasteiger partial charge in [-0.05, 0) is 12.1 Å². The van der Waals surface area contributed by atoms with Crippen molar-refractivity contribution in [2.45, 2.75) is 13.0 Å². The lowest BCUT2D eigenvalue weighted by Crippen LogP contribution is -2.28. The molecule has 18 heavy (non-hydrogen) atoms. The van der Waals surface area contributed by atoms with E-state index in [1.165, 1.54) is 10.8 Å². The first-order valence-corrected chi connectivity index (χ1v) is 5.32. The lowest BCUT2D eigenvalue weighted by atomic mass is 10.3. The van der Waals surface area contributed by atoms with Crippen LogP contribution in [0.1, 0.15) is 6.42 Å². The first-order chi connectivity index (χ1) is 8.72. The van der Waals surface area contributed by atoms with Crippen LogP contribution in [0.15, 0.2) is 35.3 Å². The number of rotatable bonds is 4. The molecule has 2 aromatic rings. The summed E-state index contributed by atoms with van der Waals surface area (Å²) in [4.78, 5) is 31.3. The van der Waals surface area contributed by atoms with Gasteiger partial charge in [-0.3, -0.25) is 9.59 Å². The summed E-state index contributed by atoms with van der Waals surface area (Å²) in [7, 11) is 0. The van der Waals surface area contributed by atoms with E-state index in [1.54, 1.807) is 23.8 Å². The number of para-hydroxylation sites is 2. The van der Waals surface area contributed by atoms with Gasteiger partial charge in [0.15, 0.2) is 0 Å². The summed E-state index contributed by atoms with van der Waals surface area (Å²) in [5.41, 5.74) is 2.92. The van der Waals surface area contributed by atoms with Crippen LogP contribution < -0.4 is 17.0 Å². The zero-order chi connectivity index (χ0) is 13.0. The molecule has 0 radical (unpaired) electrons. The van der Waals surface area contributed by atoms with Gasteiger partial charge in [-0.15, -0.1) is 0 Å². The molecule has 0 aliphatic carbocycles. The minimum Gasteiger partial charge on any atom is -0.356 e. The van der Waals surface area contributed by atoms with Gasteiger partial charge in [-0.1, -0.05) is 17.7 Å². The Bertz CT molecular complexity index is 623. The van der Waals surface area contributed by atoms with E-state index in [2.05, 4.69) is 9.82 Å². The molecule has 0 amide bonds. The van der Waals surface area contributed by atoms with Crippen LogP contribution in [0, 0.1) is 0 Å². The number of nitrogens with one attached hydrogen (secondary N) is 1. The Hall–Kier alpha value is -2.25. The predicted octanol–water partition coefficient (Wildman–Crippen LogP) is -0.292. The second-order valence-corrected chi connectivity index (χ2v) is 3.58. The van der Waals surface area contributed by atoms with E-state index in [1.807, 2.05) is 6.07 Å². The Morgan fingerprint density at radius 3 is 3.00 bits per heavy atom. The molecule has 1 aromatic carbocycles. The van der Waals surface area contributed by atoms with Gasteiger partial charge in [0, 0.05) is 6.54 Å². The van der Waals surface area contributed by atoms with E-state index < -0.39 is 5.97 Å². The number of hydrazine groups is 1. The summed E-state index contributed by atoms with van der Waals surface area (Å²) in [5.74, 6) is 4.31. The Balaban J connectivity index is 2.29. The van der Waals surface area contributed by atoms with Crippen molar-refractivity contribution in [1.82, 2.24) is 15.1 Å². The molecule has 2 rings (SSSR count). The van der Waals surface area contributed by atoms with Crippen LogP contribution in [-0.4, -0.2) is 15.5 Å². The maximum absolute atomic E-state index is 11.7. The topological polar surface area (TPSA) is 99.2 Å². The van der Waals surface area contributed by atoms with Gasteiger partial charge in [0.05, 0.1) is 23.7 Å². The molecule has 0 aliphatic heterocycles. The van der Waals surface area contributed by atoms with Gasteiger partial charge in [0.1, 0.15) is 0 Å². The zero-order valence-electron chi connectivity index (χ0n) is 9.50. The van der Waals surface area contributed by atoms with Crippen LogP contribution >= 0.6 is 0 Å². The lowest BCUT2D eigenvalue weighted by Gasteiger charge is -2.08. The second kappa shape index (κ2) is 5.39. The molecule has 7 heteroatoms. The fourth-order valence-corrected chi connectivity index (χ4v) is 1.67. The maximum atomic E-state index is 11.7. The molecule has 0 saturated carbocycles. The third-order valence-corrected chi connectivity index (χ3v) is 2.46. The standard InChI is InChI=1S/C11H12N4O3/c12-14-18-11(17)5-6-15-9-4-2-1-3-8(9)13-7-10(15)16/h1-4,7,14H,5-6,12H2. The highest BCUT2D eigenvalue weighted by Gasteiger charge is 2.07. The van der Waals surface area contributed by atoms with E-state index in [0.29, 0.717) is 11.0 Å². The quantitative estimate of drug-likeness (QED) is 0.569.